The second kappa shape index (κ2) is 5.30. The van der Waals surface area contributed by atoms with E-state index >= 15 is 0 Å². The second-order valence-corrected chi connectivity index (χ2v) is 6.30. The van der Waals surface area contributed by atoms with E-state index in [1.165, 1.54) is 18.2 Å². The van der Waals surface area contributed by atoms with Gasteiger partial charge in [-0.2, -0.15) is 0 Å². The van der Waals surface area contributed by atoms with Crippen LogP contribution >= 0.6 is 11.6 Å². The van der Waals surface area contributed by atoms with Crippen LogP contribution in [-0.2, 0) is 10.0 Å². The number of anilines is 2. The van der Waals surface area contributed by atoms with E-state index in [1.54, 1.807) is 19.1 Å². The van der Waals surface area contributed by atoms with E-state index in [-0.39, 0.29) is 4.90 Å². The van der Waals surface area contributed by atoms with Gasteiger partial charge in [0, 0.05) is 5.02 Å². The van der Waals surface area contributed by atoms with E-state index in [1.807, 2.05) is 0 Å². The molecule has 106 valence electrons. The normalized spacial score (nSPS) is 11.3. The molecule has 0 aromatic heterocycles. The third kappa shape index (κ3) is 2.86. The Labute approximate surface area is 121 Å². The Morgan fingerprint density at radius 2 is 1.95 bits per heavy atom. The maximum atomic E-state index is 13.4. The summed E-state index contributed by atoms with van der Waals surface area (Å²) in [6.45, 7) is 1.73. The van der Waals surface area contributed by atoms with Gasteiger partial charge in [0.05, 0.1) is 11.4 Å². The third-order valence-electron chi connectivity index (χ3n) is 2.75. The molecule has 0 aliphatic rings. The number of sulfonamides is 1. The van der Waals surface area contributed by atoms with Crippen molar-refractivity contribution >= 4 is 33.0 Å². The van der Waals surface area contributed by atoms with Crippen molar-refractivity contribution in [1.29, 1.82) is 0 Å². The summed E-state index contributed by atoms with van der Waals surface area (Å²) in [5.74, 6) is -0.782. The first kappa shape index (κ1) is 14.6. The lowest BCUT2D eigenvalue weighted by molar-refractivity contribution is 0.597. The standard InChI is InChI=1S/C13H12ClFN2O2S/c1-8-5-6-9(14)7-11(8)17-20(18,19)12-4-2-3-10(15)13(12)16/h2-7,17H,16H2,1H3. The molecule has 0 saturated carbocycles. The highest BCUT2D eigenvalue weighted by Crippen LogP contribution is 2.26. The molecule has 0 fully saturated rings. The molecule has 2 aromatic rings. The van der Waals surface area contributed by atoms with Gasteiger partial charge in [-0.15, -0.1) is 0 Å². The van der Waals surface area contributed by atoms with Crippen molar-refractivity contribution in [2.24, 2.45) is 0 Å². The van der Waals surface area contributed by atoms with Gasteiger partial charge in [-0.05, 0) is 36.8 Å². The zero-order chi connectivity index (χ0) is 14.9. The third-order valence-corrected chi connectivity index (χ3v) is 4.41. The Morgan fingerprint density at radius 1 is 1.25 bits per heavy atom. The van der Waals surface area contributed by atoms with Gasteiger partial charge >= 0.3 is 0 Å². The molecular formula is C13H12ClFN2O2S. The van der Waals surface area contributed by atoms with Crippen LogP contribution in [0.15, 0.2) is 41.3 Å². The highest BCUT2D eigenvalue weighted by molar-refractivity contribution is 7.92. The SMILES string of the molecule is Cc1ccc(Cl)cc1NS(=O)(=O)c1cccc(F)c1N. The fourth-order valence-corrected chi connectivity index (χ4v) is 3.09. The average molecular weight is 315 g/mol. The number of aryl methyl sites for hydroxylation is 1. The van der Waals surface area contributed by atoms with Crippen LogP contribution in [0.2, 0.25) is 5.02 Å². The van der Waals surface area contributed by atoms with Crippen molar-refractivity contribution in [3.05, 3.63) is 52.8 Å². The summed E-state index contributed by atoms with van der Waals surface area (Å²) in [7, 11) is -3.98. The molecule has 0 saturated heterocycles. The Morgan fingerprint density at radius 3 is 2.65 bits per heavy atom. The summed E-state index contributed by atoms with van der Waals surface area (Å²) in [6, 6.07) is 8.41. The Bertz CT molecular complexity index is 763. The van der Waals surface area contributed by atoms with Crippen LogP contribution in [0.4, 0.5) is 15.8 Å². The predicted octanol–water partition coefficient (Wildman–Crippen LogP) is 3.17. The average Bonchev–Trinajstić information content (AvgIpc) is 2.36. The first-order chi connectivity index (χ1) is 9.31. The lowest BCUT2D eigenvalue weighted by atomic mass is 10.2. The quantitative estimate of drug-likeness (QED) is 0.855. The molecule has 0 amide bonds. The summed E-state index contributed by atoms with van der Waals surface area (Å²) >= 11 is 5.83. The summed E-state index contributed by atoms with van der Waals surface area (Å²) in [5.41, 5.74) is 6.06. The van der Waals surface area contributed by atoms with Gasteiger partial charge < -0.3 is 5.73 Å². The fourth-order valence-electron chi connectivity index (χ4n) is 1.66. The Kier molecular flexibility index (Phi) is 3.87. The van der Waals surface area contributed by atoms with Crippen molar-refractivity contribution in [3.63, 3.8) is 0 Å². The number of nitrogens with one attached hydrogen (secondary N) is 1. The molecule has 7 heteroatoms. The minimum Gasteiger partial charge on any atom is -0.395 e. The first-order valence-corrected chi connectivity index (χ1v) is 7.50. The first-order valence-electron chi connectivity index (χ1n) is 5.64. The van der Waals surface area contributed by atoms with Crippen molar-refractivity contribution in [2.45, 2.75) is 11.8 Å². The second-order valence-electron chi connectivity index (χ2n) is 4.22. The zero-order valence-electron chi connectivity index (χ0n) is 10.5. The lowest BCUT2D eigenvalue weighted by Gasteiger charge is -2.12. The number of nitrogen functional groups attached to an aromatic ring is 1. The summed E-state index contributed by atoms with van der Waals surface area (Å²) in [5, 5.41) is 0.389. The molecule has 0 bridgehead atoms. The minimum atomic E-state index is -3.98. The summed E-state index contributed by atoms with van der Waals surface area (Å²) in [6.07, 6.45) is 0. The van der Waals surface area contributed by atoms with Gasteiger partial charge in [-0.3, -0.25) is 4.72 Å². The topological polar surface area (TPSA) is 72.2 Å². The van der Waals surface area contributed by atoms with Crippen LogP contribution in [-0.4, -0.2) is 8.42 Å². The molecule has 2 rings (SSSR count). The van der Waals surface area contributed by atoms with E-state index in [2.05, 4.69) is 4.72 Å². The van der Waals surface area contributed by atoms with E-state index < -0.39 is 21.5 Å². The Balaban J connectivity index is 2.46. The number of para-hydroxylation sites is 1. The molecular weight excluding hydrogens is 303 g/mol. The van der Waals surface area contributed by atoms with E-state index in [9.17, 15) is 12.8 Å². The molecule has 0 spiro atoms. The molecule has 0 atom stereocenters. The van der Waals surface area contributed by atoms with Crippen LogP contribution in [0.1, 0.15) is 5.56 Å². The number of benzene rings is 2. The fraction of sp³-hybridized carbons (Fsp3) is 0.0769. The summed E-state index contributed by atoms with van der Waals surface area (Å²) in [4.78, 5) is -0.308. The molecule has 3 N–H and O–H groups in total. The summed E-state index contributed by atoms with van der Waals surface area (Å²) < 4.78 is 40.2. The highest BCUT2D eigenvalue weighted by Gasteiger charge is 2.20. The predicted molar refractivity (Wildman–Crippen MR) is 77.8 cm³/mol. The van der Waals surface area contributed by atoms with Crippen LogP contribution < -0.4 is 10.5 Å². The van der Waals surface area contributed by atoms with E-state index in [0.29, 0.717) is 16.3 Å². The van der Waals surface area contributed by atoms with Crippen molar-refractivity contribution in [2.75, 3.05) is 10.5 Å². The molecule has 0 radical (unpaired) electrons. The zero-order valence-corrected chi connectivity index (χ0v) is 12.1. The number of rotatable bonds is 3. The van der Waals surface area contributed by atoms with Crippen LogP contribution in [0.3, 0.4) is 0 Å². The van der Waals surface area contributed by atoms with Gasteiger partial charge in [0.1, 0.15) is 10.7 Å². The molecule has 0 unspecified atom stereocenters. The Hall–Kier alpha value is -1.79. The van der Waals surface area contributed by atoms with Gasteiger partial charge in [0.15, 0.2) is 0 Å². The molecule has 0 heterocycles. The smallest absolute Gasteiger partial charge is 0.264 e. The van der Waals surface area contributed by atoms with E-state index in [4.69, 9.17) is 17.3 Å². The van der Waals surface area contributed by atoms with Crippen LogP contribution in [0.25, 0.3) is 0 Å². The lowest BCUT2D eigenvalue weighted by Crippen LogP contribution is -2.16. The maximum Gasteiger partial charge on any atom is 0.264 e. The molecule has 2 aromatic carbocycles. The van der Waals surface area contributed by atoms with E-state index in [0.717, 1.165) is 6.07 Å². The van der Waals surface area contributed by atoms with Crippen molar-refractivity contribution < 1.29 is 12.8 Å². The largest absolute Gasteiger partial charge is 0.395 e. The van der Waals surface area contributed by atoms with Gasteiger partial charge in [0.25, 0.3) is 10.0 Å². The number of hydrogen-bond donors (Lipinski definition) is 2. The maximum absolute atomic E-state index is 13.4. The van der Waals surface area contributed by atoms with Crippen LogP contribution in [0, 0.1) is 12.7 Å². The molecule has 20 heavy (non-hydrogen) atoms. The van der Waals surface area contributed by atoms with Crippen LogP contribution in [0.5, 0.6) is 0 Å². The number of nitrogens with two attached hydrogens (primary N) is 1. The van der Waals surface area contributed by atoms with Gasteiger partial charge in [0.2, 0.25) is 0 Å². The molecule has 0 aliphatic carbocycles. The monoisotopic (exact) mass is 314 g/mol. The highest BCUT2D eigenvalue weighted by atomic mass is 35.5. The van der Waals surface area contributed by atoms with Gasteiger partial charge in [-0.1, -0.05) is 23.7 Å². The van der Waals surface area contributed by atoms with Crippen molar-refractivity contribution in [1.82, 2.24) is 0 Å². The number of halogens is 2. The number of hydrogen-bond acceptors (Lipinski definition) is 3. The molecule has 0 aliphatic heterocycles. The van der Waals surface area contributed by atoms with Gasteiger partial charge in [-0.25, -0.2) is 12.8 Å². The van der Waals surface area contributed by atoms with Crippen molar-refractivity contribution in [3.8, 4) is 0 Å². The molecule has 4 nitrogen and oxygen atoms in total. The minimum absolute atomic E-state index is 0.308.